The van der Waals surface area contributed by atoms with Gasteiger partial charge in [-0.05, 0) is 99.6 Å². The van der Waals surface area contributed by atoms with Crippen LogP contribution in [-0.2, 0) is 10.0 Å². The molecule has 4 aromatic rings. The fourth-order valence-electron chi connectivity index (χ4n) is 4.42. The molecule has 5 rings (SSSR count). The molecular weight excluding hydrogens is 536 g/mol. The molecule has 2 heterocycles. The number of nitrogens with zero attached hydrogens (tertiary/aromatic N) is 3. The zero-order valence-electron chi connectivity index (χ0n) is 21.8. The van der Waals surface area contributed by atoms with Crippen molar-refractivity contribution in [3.63, 3.8) is 0 Å². The molecule has 1 aliphatic heterocycles. The molecule has 0 amide bonds. The van der Waals surface area contributed by atoms with Crippen molar-refractivity contribution in [2.75, 3.05) is 36.8 Å². The number of anilines is 3. The first-order valence-corrected chi connectivity index (χ1v) is 14.3. The maximum atomic E-state index is 14.0. The Morgan fingerprint density at radius 1 is 0.925 bits per heavy atom. The Morgan fingerprint density at radius 3 is 2.33 bits per heavy atom. The van der Waals surface area contributed by atoms with Gasteiger partial charge >= 0.3 is 0 Å². The molecule has 0 bridgehead atoms. The summed E-state index contributed by atoms with van der Waals surface area (Å²) in [5.41, 5.74) is 2.51. The predicted molar refractivity (Wildman–Crippen MR) is 150 cm³/mol. The van der Waals surface area contributed by atoms with Gasteiger partial charge in [0.15, 0.2) is 0 Å². The van der Waals surface area contributed by atoms with E-state index in [-0.39, 0.29) is 5.69 Å². The summed E-state index contributed by atoms with van der Waals surface area (Å²) < 4.78 is 60.4. The number of benzene rings is 3. The second-order valence-electron chi connectivity index (χ2n) is 9.75. The van der Waals surface area contributed by atoms with Gasteiger partial charge in [-0.25, -0.2) is 27.2 Å². The van der Waals surface area contributed by atoms with Crippen molar-refractivity contribution in [3.8, 4) is 17.0 Å². The maximum absolute atomic E-state index is 14.0. The normalized spacial score (nSPS) is 14.6. The third-order valence-corrected chi connectivity index (χ3v) is 8.15. The van der Waals surface area contributed by atoms with E-state index < -0.39 is 26.6 Å². The summed E-state index contributed by atoms with van der Waals surface area (Å²) in [5, 5.41) is 3.16. The summed E-state index contributed by atoms with van der Waals surface area (Å²) in [5.74, 6) is -0.0648. The van der Waals surface area contributed by atoms with Gasteiger partial charge in [0.2, 0.25) is 0 Å². The number of ether oxygens (including phenoxy) is 1. The highest BCUT2D eigenvalue weighted by atomic mass is 32.2. The largest absolute Gasteiger partial charge is 0.493 e. The van der Waals surface area contributed by atoms with Crippen molar-refractivity contribution in [2.24, 2.45) is 5.92 Å². The van der Waals surface area contributed by atoms with Crippen LogP contribution in [0.1, 0.15) is 12.8 Å². The third kappa shape index (κ3) is 6.91. The Kier molecular flexibility index (Phi) is 8.22. The summed E-state index contributed by atoms with van der Waals surface area (Å²) in [4.78, 5) is 10.4. The van der Waals surface area contributed by atoms with Crippen LogP contribution in [0.2, 0.25) is 0 Å². The molecule has 1 aliphatic rings. The van der Waals surface area contributed by atoms with E-state index in [2.05, 4.69) is 32.0 Å². The highest BCUT2D eigenvalue weighted by Crippen LogP contribution is 2.26. The van der Waals surface area contributed by atoms with Crippen LogP contribution in [0.4, 0.5) is 26.0 Å². The second kappa shape index (κ2) is 12.0. The van der Waals surface area contributed by atoms with Gasteiger partial charge in [-0.15, -0.1) is 0 Å². The molecule has 0 unspecified atom stereocenters. The van der Waals surface area contributed by atoms with Crippen molar-refractivity contribution >= 4 is 27.2 Å². The van der Waals surface area contributed by atoms with Crippen molar-refractivity contribution in [1.82, 2.24) is 14.9 Å². The van der Waals surface area contributed by atoms with Crippen LogP contribution in [0.25, 0.3) is 11.3 Å². The molecule has 0 spiro atoms. The van der Waals surface area contributed by atoms with Crippen LogP contribution >= 0.6 is 0 Å². The average Bonchev–Trinajstić information content (AvgIpc) is 2.94. The first kappa shape index (κ1) is 27.5. The molecule has 1 fully saturated rings. The molecule has 40 heavy (non-hydrogen) atoms. The lowest BCUT2D eigenvalue weighted by Crippen LogP contribution is -2.32. The number of aromatic nitrogens is 2. The number of hydrogen-bond donors (Lipinski definition) is 2. The molecule has 11 heteroatoms. The van der Waals surface area contributed by atoms with Crippen molar-refractivity contribution in [1.29, 1.82) is 0 Å². The molecule has 0 saturated carbocycles. The minimum Gasteiger partial charge on any atom is -0.493 e. The van der Waals surface area contributed by atoms with E-state index >= 15 is 0 Å². The Morgan fingerprint density at radius 2 is 1.62 bits per heavy atom. The summed E-state index contributed by atoms with van der Waals surface area (Å²) >= 11 is 0. The van der Waals surface area contributed by atoms with Crippen LogP contribution in [0.5, 0.6) is 5.75 Å². The second-order valence-corrected chi connectivity index (χ2v) is 11.4. The van der Waals surface area contributed by atoms with E-state index in [4.69, 9.17) is 4.74 Å². The van der Waals surface area contributed by atoms with E-state index in [0.717, 1.165) is 61.7 Å². The topological polar surface area (TPSA) is 96.5 Å². The Hall–Kier alpha value is -4.09. The van der Waals surface area contributed by atoms with Gasteiger partial charge in [0.1, 0.15) is 34.4 Å². The van der Waals surface area contributed by atoms with Crippen molar-refractivity contribution in [3.05, 3.63) is 90.8 Å². The van der Waals surface area contributed by atoms with Crippen molar-refractivity contribution in [2.45, 2.75) is 17.7 Å². The smallest absolute Gasteiger partial charge is 0.264 e. The molecule has 1 aromatic heterocycles. The average molecular weight is 566 g/mol. The summed E-state index contributed by atoms with van der Waals surface area (Å²) in [7, 11) is -2.08. The van der Waals surface area contributed by atoms with Crippen LogP contribution < -0.4 is 14.8 Å². The number of nitrogens with one attached hydrogen (secondary N) is 2. The number of sulfonamides is 1. The van der Waals surface area contributed by atoms with Gasteiger partial charge < -0.3 is 15.0 Å². The maximum Gasteiger partial charge on any atom is 0.264 e. The fraction of sp³-hybridized carbons (Fsp3) is 0.241. The van der Waals surface area contributed by atoms with Gasteiger partial charge in [0.05, 0.1) is 12.3 Å². The zero-order valence-corrected chi connectivity index (χ0v) is 22.7. The van der Waals surface area contributed by atoms with Crippen LogP contribution in [0.3, 0.4) is 0 Å². The van der Waals surface area contributed by atoms with Crippen LogP contribution in [-0.4, -0.2) is 50.0 Å². The van der Waals surface area contributed by atoms with E-state index in [1.807, 2.05) is 30.3 Å². The number of halogens is 2. The standard InChI is InChI=1S/C29H29F2N5O3S/c1-36-14-12-20(13-15-36)18-39-25-9-2-21(3-10-25)27-17-29(33-19-32-27)34-23-5-7-24(8-6-23)35-40(37,38)28-11-4-22(30)16-26(28)31/h2-11,16-17,19-20,35H,12-15,18H2,1H3,(H,32,33,34). The van der Waals surface area contributed by atoms with Gasteiger partial charge in [0.25, 0.3) is 10.0 Å². The molecule has 3 aromatic carbocycles. The first-order chi connectivity index (χ1) is 19.2. The van der Waals surface area contributed by atoms with Gasteiger partial charge in [-0.3, -0.25) is 4.72 Å². The van der Waals surface area contributed by atoms with Gasteiger partial charge in [-0.2, -0.15) is 0 Å². The van der Waals surface area contributed by atoms with E-state index in [1.54, 1.807) is 12.1 Å². The van der Waals surface area contributed by atoms with Crippen LogP contribution in [0, 0.1) is 17.6 Å². The molecule has 2 N–H and O–H groups in total. The Bertz CT molecular complexity index is 1560. The summed E-state index contributed by atoms with van der Waals surface area (Å²) in [6.45, 7) is 2.94. The molecular formula is C29H29F2N5O3S. The SMILES string of the molecule is CN1CCC(COc2ccc(-c3cc(Nc4ccc(NS(=O)(=O)c5ccc(F)cc5F)cc4)ncn3)cc2)CC1. The van der Waals surface area contributed by atoms with Gasteiger partial charge in [0, 0.05) is 29.1 Å². The summed E-state index contributed by atoms with van der Waals surface area (Å²) in [6.07, 6.45) is 3.77. The van der Waals surface area contributed by atoms with Crippen molar-refractivity contribution < 1.29 is 21.9 Å². The molecule has 208 valence electrons. The number of piperidine rings is 1. The highest BCUT2D eigenvalue weighted by Gasteiger charge is 2.20. The summed E-state index contributed by atoms with van der Waals surface area (Å²) in [6, 6.07) is 18.2. The molecule has 1 saturated heterocycles. The Balaban J connectivity index is 1.19. The lowest BCUT2D eigenvalue weighted by molar-refractivity contribution is 0.160. The van der Waals surface area contributed by atoms with Crippen LogP contribution in [0.15, 0.2) is 84.0 Å². The predicted octanol–water partition coefficient (Wildman–Crippen LogP) is 5.69. The quantitative estimate of drug-likeness (QED) is 0.269. The van der Waals surface area contributed by atoms with E-state index in [1.165, 1.54) is 18.5 Å². The minimum absolute atomic E-state index is 0.218. The monoisotopic (exact) mass is 565 g/mol. The molecule has 0 aliphatic carbocycles. The molecule has 0 radical (unpaired) electrons. The minimum atomic E-state index is -4.23. The lowest BCUT2D eigenvalue weighted by atomic mass is 9.98. The van der Waals surface area contributed by atoms with E-state index in [0.29, 0.717) is 23.5 Å². The fourth-order valence-corrected chi connectivity index (χ4v) is 5.54. The van der Waals surface area contributed by atoms with E-state index in [9.17, 15) is 17.2 Å². The molecule has 8 nitrogen and oxygen atoms in total. The lowest BCUT2D eigenvalue weighted by Gasteiger charge is -2.28. The first-order valence-electron chi connectivity index (χ1n) is 12.8. The number of rotatable bonds is 9. The Labute approximate surface area is 232 Å². The highest BCUT2D eigenvalue weighted by molar-refractivity contribution is 7.92. The molecule has 0 atom stereocenters. The number of hydrogen-bond acceptors (Lipinski definition) is 7. The zero-order chi connectivity index (χ0) is 28.1. The third-order valence-electron chi connectivity index (χ3n) is 6.73. The van der Waals surface area contributed by atoms with Gasteiger partial charge in [-0.1, -0.05) is 0 Å². The number of likely N-dealkylation sites (tertiary alicyclic amines) is 1.